The highest BCUT2D eigenvalue weighted by Gasteiger charge is 2.24. The summed E-state index contributed by atoms with van der Waals surface area (Å²) >= 11 is 0. The van der Waals surface area contributed by atoms with Gasteiger partial charge >= 0.3 is 0 Å². The number of ketones is 1. The highest BCUT2D eigenvalue weighted by atomic mass is 16.5. The van der Waals surface area contributed by atoms with E-state index in [1.165, 1.54) is 12.8 Å². The number of fused-ring (bicyclic) bond motifs is 1. The molecule has 1 aliphatic carbocycles. The summed E-state index contributed by atoms with van der Waals surface area (Å²) in [4.78, 5) is 20.1. The maximum Gasteiger partial charge on any atom is 0.229 e. The van der Waals surface area contributed by atoms with Gasteiger partial charge in [0.2, 0.25) is 5.69 Å². The van der Waals surface area contributed by atoms with Crippen LogP contribution >= 0.6 is 0 Å². The molecule has 0 amide bonds. The minimum absolute atomic E-state index is 0.305. The summed E-state index contributed by atoms with van der Waals surface area (Å²) < 4.78 is 11.8. The van der Waals surface area contributed by atoms with Gasteiger partial charge in [0.1, 0.15) is 23.0 Å². The Morgan fingerprint density at radius 2 is 1.97 bits per heavy atom. The van der Waals surface area contributed by atoms with Gasteiger partial charge in [-0.2, -0.15) is 0 Å². The van der Waals surface area contributed by atoms with E-state index in [0.29, 0.717) is 59.6 Å². The fourth-order valence-electron chi connectivity index (χ4n) is 3.39. The van der Waals surface area contributed by atoms with Crippen LogP contribution in [0.4, 0.5) is 5.69 Å². The monoisotopic (exact) mass is 400 g/mol. The molecule has 2 aromatic carbocycles. The summed E-state index contributed by atoms with van der Waals surface area (Å²) in [7, 11) is 0. The number of nitrogens with zero attached hydrogens (tertiary/aromatic N) is 2. The summed E-state index contributed by atoms with van der Waals surface area (Å²) in [5.41, 5.74) is 2.16. The molecule has 0 spiro atoms. The zero-order valence-corrected chi connectivity index (χ0v) is 17.1. The minimum atomic E-state index is 0.305. The van der Waals surface area contributed by atoms with Crippen molar-refractivity contribution >= 4 is 22.4 Å². The average Bonchev–Trinajstić information content (AvgIpc) is 3.57. The Morgan fingerprint density at radius 1 is 1.17 bits per heavy atom. The Labute approximate surface area is 176 Å². The molecule has 0 aliphatic heterocycles. The third-order valence-corrected chi connectivity index (χ3v) is 5.13. The number of Topliss-reactive ketones (excluding diaryl/α,β-unsaturated/α-hetero) is 1. The number of benzene rings is 2. The van der Waals surface area contributed by atoms with Crippen LogP contribution < -0.4 is 9.47 Å². The number of pyridine rings is 1. The Hall–Kier alpha value is -3.39. The van der Waals surface area contributed by atoms with Crippen molar-refractivity contribution in [3.8, 4) is 17.2 Å². The first-order valence-electron chi connectivity index (χ1n) is 10.4. The van der Waals surface area contributed by atoms with Crippen molar-refractivity contribution in [3.63, 3.8) is 0 Å². The smallest absolute Gasteiger partial charge is 0.229 e. The van der Waals surface area contributed by atoms with Crippen molar-refractivity contribution in [1.29, 1.82) is 0 Å². The maximum absolute atomic E-state index is 12.1. The molecule has 0 N–H and O–H groups in total. The molecule has 3 aromatic rings. The first-order chi connectivity index (χ1) is 14.7. The molecule has 30 heavy (non-hydrogen) atoms. The van der Waals surface area contributed by atoms with Crippen LogP contribution in [0.25, 0.3) is 15.7 Å². The Kier molecular flexibility index (Phi) is 5.94. The van der Waals surface area contributed by atoms with Crippen LogP contribution in [0.3, 0.4) is 0 Å². The van der Waals surface area contributed by atoms with Crippen LogP contribution in [-0.4, -0.2) is 17.4 Å². The van der Waals surface area contributed by atoms with Crippen LogP contribution in [0.15, 0.2) is 48.7 Å². The van der Waals surface area contributed by atoms with Crippen molar-refractivity contribution in [2.24, 2.45) is 5.92 Å². The van der Waals surface area contributed by atoms with Crippen molar-refractivity contribution in [3.05, 3.63) is 65.6 Å². The predicted molar refractivity (Wildman–Crippen MR) is 116 cm³/mol. The van der Waals surface area contributed by atoms with Gasteiger partial charge in [0, 0.05) is 24.4 Å². The highest BCUT2D eigenvalue weighted by molar-refractivity contribution is 5.91. The zero-order chi connectivity index (χ0) is 20.9. The Morgan fingerprint density at radius 3 is 2.67 bits per heavy atom. The van der Waals surface area contributed by atoms with E-state index in [1.807, 2.05) is 31.2 Å². The van der Waals surface area contributed by atoms with E-state index in [9.17, 15) is 4.79 Å². The van der Waals surface area contributed by atoms with E-state index in [4.69, 9.17) is 16.0 Å². The number of rotatable bonds is 9. The second kappa shape index (κ2) is 8.96. The van der Waals surface area contributed by atoms with Crippen molar-refractivity contribution in [2.45, 2.75) is 39.0 Å². The second-order valence-electron chi connectivity index (χ2n) is 7.72. The van der Waals surface area contributed by atoms with Gasteiger partial charge in [-0.05, 0) is 61.1 Å². The molecule has 0 bridgehead atoms. The van der Waals surface area contributed by atoms with Crippen molar-refractivity contribution in [1.82, 2.24) is 4.98 Å². The molecule has 1 fully saturated rings. The van der Waals surface area contributed by atoms with E-state index in [2.05, 4.69) is 9.83 Å². The summed E-state index contributed by atoms with van der Waals surface area (Å²) in [6.07, 6.45) is 6.12. The third-order valence-electron chi connectivity index (χ3n) is 5.13. The number of carbonyl (C=O) groups excluding carboxylic acids is 1. The average molecular weight is 400 g/mol. The van der Waals surface area contributed by atoms with Gasteiger partial charge in [0.25, 0.3) is 0 Å². The normalized spacial score (nSPS) is 13.1. The molecular weight excluding hydrogens is 376 g/mol. The molecule has 0 saturated heterocycles. The van der Waals surface area contributed by atoms with Gasteiger partial charge < -0.3 is 9.47 Å². The lowest BCUT2D eigenvalue weighted by molar-refractivity contribution is -0.118. The van der Waals surface area contributed by atoms with Crippen LogP contribution in [0.2, 0.25) is 0 Å². The molecule has 1 saturated carbocycles. The van der Waals surface area contributed by atoms with Gasteiger partial charge in [-0.3, -0.25) is 9.78 Å². The third kappa shape index (κ3) is 4.77. The topological polar surface area (TPSA) is 52.8 Å². The van der Waals surface area contributed by atoms with E-state index in [0.717, 1.165) is 17.4 Å². The molecule has 1 aromatic heterocycles. The molecule has 0 atom stereocenters. The number of ether oxygens (including phenoxy) is 2. The van der Waals surface area contributed by atoms with Crippen molar-refractivity contribution < 1.29 is 14.3 Å². The molecule has 1 aliphatic rings. The van der Waals surface area contributed by atoms with Crippen LogP contribution in [0, 0.1) is 12.5 Å². The number of hydrogen-bond acceptors (Lipinski definition) is 4. The zero-order valence-electron chi connectivity index (χ0n) is 17.1. The Bertz CT molecular complexity index is 1100. The SMILES string of the molecule is [C-]#[N+]c1cc2c(Oc3ccc(CC(=O)CC4CC4)cc3)ccnc2cc1OCCC. The summed E-state index contributed by atoms with van der Waals surface area (Å²) in [6.45, 7) is 10.0. The van der Waals surface area contributed by atoms with Gasteiger partial charge in [-0.25, -0.2) is 4.85 Å². The lowest BCUT2D eigenvalue weighted by Crippen LogP contribution is -2.03. The maximum atomic E-state index is 12.1. The second-order valence-corrected chi connectivity index (χ2v) is 7.72. The first kappa shape index (κ1) is 19.9. The molecule has 4 rings (SSSR count). The fourth-order valence-corrected chi connectivity index (χ4v) is 3.39. The van der Waals surface area contributed by atoms with Crippen LogP contribution in [0.1, 0.15) is 38.2 Å². The number of aromatic nitrogens is 1. The van der Waals surface area contributed by atoms with Crippen molar-refractivity contribution in [2.75, 3.05) is 6.61 Å². The molecule has 0 radical (unpaired) electrons. The van der Waals surface area contributed by atoms with Gasteiger partial charge in [0.05, 0.1) is 18.7 Å². The van der Waals surface area contributed by atoms with E-state index in [1.54, 1.807) is 24.4 Å². The molecule has 5 heteroatoms. The van der Waals surface area contributed by atoms with E-state index < -0.39 is 0 Å². The summed E-state index contributed by atoms with van der Waals surface area (Å²) in [5.74, 6) is 2.78. The standard InChI is InChI=1S/C25H24N2O3/c1-3-12-29-25-16-22-21(15-23(25)26-2)24(10-11-27-22)30-20-8-6-18(7-9-20)14-19(28)13-17-4-5-17/h6-11,15-17H,3-5,12-14H2,1H3. The van der Waals surface area contributed by atoms with E-state index in [-0.39, 0.29) is 0 Å². The molecular formula is C25H24N2O3. The number of carbonyl (C=O) groups is 1. The fraction of sp³-hybridized carbons (Fsp3) is 0.320. The largest absolute Gasteiger partial charge is 0.505 e. The minimum Gasteiger partial charge on any atom is -0.505 e. The molecule has 1 heterocycles. The molecule has 0 unspecified atom stereocenters. The Balaban J connectivity index is 1.53. The number of hydrogen-bond donors (Lipinski definition) is 0. The van der Waals surface area contributed by atoms with Gasteiger partial charge in [-0.1, -0.05) is 19.1 Å². The first-order valence-corrected chi connectivity index (χ1v) is 10.4. The van der Waals surface area contributed by atoms with Crippen LogP contribution in [-0.2, 0) is 11.2 Å². The predicted octanol–water partition coefficient (Wildman–Crippen LogP) is 6.28. The summed E-state index contributed by atoms with van der Waals surface area (Å²) in [6, 6.07) is 13.0. The molecule has 152 valence electrons. The lowest BCUT2D eigenvalue weighted by atomic mass is 10.1. The highest BCUT2D eigenvalue weighted by Crippen LogP contribution is 2.37. The van der Waals surface area contributed by atoms with Gasteiger partial charge in [-0.15, -0.1) is 0 Å². The van der Waals surface area contributed by atoms with E-state index >= 15 is 0 Å². The summed E-state index contributed by atoms with van der Waals surface area (Å²) in [5, 5.41) is 0.760. The van der Waals surface area contributed by atoms with Gasteiger partial charge in [0.15, 0.2) is 0 Å². The quantitative estimate of drug-likeness (QED) is 0.397. The molecule has 5 nitrogen and oxygen atoms in total. The lowest BCUT2D eigenvalue weighted by Gasteiger charge is -2.12. The van der Waals surface area contributed by atoms with Crippen LogP contribution in [0.5, 0.6) is 17.2 Å².